The Morgan fingerprint density at radius 2 is 2.00 bits per heavy atom. The van der Waals surface area contributed by atoms with Gasteiger partial charge in [0.15, 0.2) is 22.4 Å². The van der Waals surface area contributed by atoms with E-state index in [0.29, 0.717) is 27.3 Å². The first kappa shape index (κ1) is 20.9. The Morgan fingerprint density at radius 1 is 1.21 bits per heavy atom. The molecule has 1 aliphatic rings. The summed E-state index contributed by atoms with van der Waals surface area (Å²) in [6.07, 6.45) is 1.73. The van der Waals surface area contributed by atoms with Crippen LogP contribution in [0.4, 0.5) is 5.69 Å². The van der Waals surface area contributed by atoms with E-state index < -0.39 is 12.6 Å². The normalized spacial score (nSPS) is 15.1. The summed E-state index contributed by atoms with van der Waals surface area (Å²) < 4.78 is 11.3. The van der Waals surface area contributed by atoms with Gasteiger partial charge in [0.05, 0.1) is 17.2 Å². The first-order valence-corrected chi connectivity index (χ1v) is 10.1. The van der Waals surface area contributed by atoms with Crippen molar-refractivity contribution in [1.29, 1.82) is 0 Å². The number of carbonyl (C=O) groups excluding carboxylic acids is 1. The number of carbonyl (C=O) groups is 2. The molecule has 150 valence electrons. The van der Waals surface area contributed by atoms with Crippen LogP contribution in [0.15, 0.2) is 47.4 Å². The van der Waals surface area contributed by atoms with E-state index in [1.807, 2.05) is 38.1 Å². The van der Waals surface area contributed by atoms with Crippen LogP contribution < -0.4 is 14.4 Å². The molecule has 1 aliphatic heterocycles. The lowest BCUT2D eigenvalue weighted by Gasteiger charge is -2.14. The molecule has 1 saturated heterocycles. The van der Waals surface area contributed by atoms with Gasteiger partial charge in [-0.3, -0.25) is 9.69 Å². The molecule has 1 heterocycles. The number of benzene rings is 2. The lowest BCUT2D eigenvalue weighted by Crippen LogP contribution is -2.27. The molecule has 0 radical (unpaired) electrons. The molecular weight excluding hydrogens is 410 g/mol. The number of carboxylic acid groups (broad SMARTS) is 1. The number of aliphatic carboxylic acids is 1. The van der Waals surface area contributed by atoms with Gasteiger partial charge < -0.3 is 14.6 Å². The SMILES string of the molecule is CCOc1cc(/C=C2\SC(=S)N(c3cccc(C)c3)C2=O)ccc1OCC(=O)O. The maximum atomic E-state index is 12.9. The number of thioether (sulfide) groups is 1. The smallest absolute Gasteiger partial charge is 0.341 e. The maximum Gasteiger partial charge on any atom is 0.341 e. The lowest BCUT2D eigenvalue weighted by atomic mass is 10.1. The molecule has 1 amide bonds. The molecule has 29 heavy (non-hydrogen) atoms. The zero-order chi connectivity index (χ0) is 21.0. The number of carboxylic acids is 1. The molecule has 2 aromatic rings. The molecular formula is C21H19NO5S2. The second-order valence-electron chi connectivity index (χ2n) is 6.18. The van der Waals surface area contributed by atoms with Crippen LogP contribution in [0.3, 0.4) is 0 Å². The standard InChI is InChI=1S/C21H19NO5S2/c1-3-26-17-10-14(7-8-16(17)27-12-19(23)24)11-18-20(25)22(21(28)29-18)15-6-4-5-13(2)9-15/h4-11H,3,12H2,1-2H3,(H,23,24)/b18-11-. The summed E-state index contributed by atoms with van der Waals surface area (Å²) in [5, 5.41) is 8.80. The molecule has 0 aliphatic carbocycles. The second-order valence-corrected chi connectivity index (χ2v) is 7.85. The third-order valence-electron chi connectivity index (χ3n) is 3.97. The van der Waals surface area contributed by atoms with Crippen LogP contribution in [0.5, 0.6) is 11.5 Å². The minimum absolute atomic E-state index is 0.185. The highest BCUT2D eigenvalue weighted by Gasteiger charge is 2.33. The van der Waals surface area contributed by atoms with Crippen LogP contribution in [-0.2, 0) is 9.59 Å². The Morgan fingerprint density at radius 3 is 2.69 bits per heavy atom. The lowest BCUT2D eigenvalue weighted by molar-refractivity contribution is -0.139. The summed E-state index contributed by atoms with van der Waals surface area (Å²) in [5.74, 6) is -0.513. The predicted molar refractivity (Wildman–Crippen MR) is 118 cm³/mol. The largest absolute Gasteiger partial charge is 0.490 e. The van der Waals surface area contributed by atoms with Crippen molar-refractivity contribution >= 4 is 51.9 Å². The highest BCUT2D eigenvalue weighted by atomic mass is 32.2. The average Bonchev–Trinajstić information content (AvgIpc) is 2.94. The average molecular weight is 430 g/mol. The van der Waals surface area contributed by atoms with Crippen molar-refractivity contribution < 1.29 is 24.2 Å². The molecule has 8 heteroatoms. The number of aryl methyl sites for hydroxylation is 1. The zero-order valence-corrected chi connectivity index (χ0v) is 17.5. The van der Waals surface area contributed by atoms with E-state index in [9.17, 15) is 9.59 Å². The molecule has 0 atom stereocenters. The minimum Gasteiger partial charge on any atom is -0.490 e. The van der Waals surface area contributed by atoms with Gasteiger partial charge in [0, 0.05) is 0 Å². The number of hydrogen-bond donors (Lipinski definition) is 1. The molecule has 0 spiro atoms. The van der Waals surface area contributed by atoms with E-state index in [2.05, 4.69) is 0 Å². The van der Waals surface area contributed by atoms with Crippen molar-refractivity contribution in [2.75, 3.05) is 18.1 Å². The molecule has 1 fully saturated rings. The molecule has 0 aromatic heterocycles. The molecule has 2 aromatic carbocycles. The minimum atomic E-state index is -1.07. The van der Waals surface area contributed by atoms with Gasteiger partial charge >= 0.3 is 5.97 Å². The number of nitrogens with zero attached hydrogens (tertiary/aromatic N) is 1. The van der Waals surface area contributed by atoms with Crippen molar-refractivity contribution in [3.63, 3.8) is 0 Å². The highest BCUT2D eigenvalue weighted by Crippen LogP contribution is 2.37. The fourth-order valence-electron chi connectivity index (χ4n) is 2.75. The number of hydrogen-bond acceptors (Lipinski definition) is 6. The number of rotatable bonds is 7. The van der Waals surface area contributed by atoms with Gasteiger partial charge in [-0.1, -0.05) is 42.2 Å². The van der Waals surface area contributed by atoms with Crippen LogP contribution >= 0.6 is 24.0 Å². The Bertz CT molecular complexity index is 1000. The Kier molecular flexibility index (Phi) is 6.56. The summed E-state index contributed by atoms with van der Waals surface area (Å²) >= 11 is 6.64. The van der Waals surface area contributed by atoms with Crippen molar-refractivity contribution in [3.8, 4) is 11.5 Å². The summed E-state index contributed by atoms with van der Waals surface area (Å²) in [6.45, 7) is 3.71. The zero-order valence-electron chi connectivity index (χ0n) is 15.9. The highest BCUT2D eigenvalue weighted by molar-refractivity contribution is 8.27. The van der Waals surface area contributed by atoms with Crippen LogP contribution in [0.25, 0.3) is 6.08 Å². The van der Waals surface area contributed by atoms with Gasteiger partial charge in [0.25, 0.3) is 5.91 Å². The third-order valence-corrected chi connectivity index (χ3v) is 5.27. The fraction of sp³-hybridized carbons (Fsp3) is 0.190. The topological polar surface area (TPSA) is 76.1 Å². The quantitative estimate of drug-likeness (QED) is 0.520. The fourth-order valence-corrected chi connectivity index (χ4v) is 4.05. The summed E-state index contributed by atoms with van der Waals surface area (Å²) in [5.41, 5.74) is 2.50. The van der Waals surface area contributed by atoms with Crippen molar-refractivity contribution in [1.82, 2.24) is 0 Å². The van der Waals surface area contributed by atoms with Gasteiger partial charge in [0.1, 0.15) is 0 Å². The summed E-state index contributed by atoms with van der Waals surface area (Å²) in [6, 6.07) is 12.7. The van der Waals surface area contributed by atoms with Crippen molar-refractivity contribution in [2.24, 2.45) is 0 Å². The first-order valence-electron chi connectivity index (χ1n) is 8.85. The first-order chi connectivity index (χ1) is 13.9. The summed E-state index contributed by atoms with van der Waals surface area (Å²) in [7, 11) is 0. The molecule has 0 saturated carbocycles. The number of amides is 1. The molecule has 0 unspecified atom stereocenters. The molecule has 0 bridgehead atoms. The van der Waals surface area contributed by atoms with Crippen LogP contribution in [0.2, 0.25) is 0 Å². The van der Waals surface area contributed by atoms with Gasteiger partial charge in [-0.15, -0.1) is 0 Å². The van der Waals surface area contributed by atoms with E-state index in [0.717, 1.165) is 16.8 Å². The molecule has 1 N–H and O–H groups in total. The maximum absolute atomic E-state index is 12.9. The van der Waals surface area contributed by atoms with Crippen LogP contribution in [-0.4, -0.2) is 34.5 Å². The van der Waals surface area contributed by atoms with E-state index in [1.165, 1.54) is 16.7 Å². The van der Waals surface area contributed by atoms with Crippen LogP contribution in [0, 0.1) is 6.92 Å². The van der Waals surface area contributed by atoms with E-state index in [4.69, 9.17) is 26.8 Å². The Balaban J connectivity index is 1.87. The molecule has 6 nitrogen and oxygen atoms in total. The third kappa shape index (κ3) is 4.96. The van der Waals surface area contributed by atoms with Gasteiger partial charge in [-0.05, 0) is 55.3 Å². The Labute approximate surface area is 178 Å². The second kappa shape index (κ2) is 9.11. The predicted octanol–water partition coefficient (Wildman–Crippen LogP) is 4.26. The van der Waals surface area contributed by atoms with Crippen LogP contribution in [0.1, 0.15) is 18.1 Å². The monoisotopic (exact) mass is 429 g/mol. The van der Waals surface area contributed by atoms with Gasteiger partial charge in [-0.25, -0.2) is 4.79 Å². The van der Waals surface area contributed by atoms with Crippen molar-refractivity contribution in [2.45, 2.75) is 13.8 Å². The summed E-state index contributed by atoms with van der Waals surface area (Å²) in [4.78, 5) is 25.7. The Hall–Kier alpha value is -2.84. The number of thiocarbonyl (C=S) groups is 1. The van der Waals surface area contributed by atoms with Crippen molar-refractivity contribution in [3.05, 3.63) is 58.5 Å². The number of anilines is 1. The molecule has 3 rings (SSSR count). The van der Waals surface area contributed by atoms with Gasteiger partial charge in [0.2, 0.25) is 0 Å². The van der Waals surface area contributed by atoms with Gasteiger partial charge in [-0.2, -0.15) is 0 Å². The van der Waals surface area contributed by atoms with E-state index >= 15 is 0 Å². The number of ether oxygens (including phenoxy) is 2. The van der Waals surface area contributed by atoms with E-state index in [-0.39, 0.29) is 5.91 Å². The van der Waals surface area contributed by atoms with E-state index in [1.54, 1.807) is 24.3 Å².